The smallest absolute Gasteiger partial charge is 0.188 e. The minimum Gasteiger partial charge on any atom is -0.370 e. The molecule has 1 aliphatic carbocycles. The van der Waals surface area contributed by atoms with Gasteiger partial charge in [-0.2, -0.15) is 0 Å². The third kappa shape index (κ3) is 9.00. The normalized spacial score (nSPS) is 16.4. The van der Waals surface area contributed by atoms with Crippen molar-refractivity contribution in [3.63, 3.8) is 0 Å². The SMILES string of the molecule is CCCCCCN=C(N)NCCN(C)C1CCCC1.I. The van der Waals surface area contributed by atoms with Gasteiger partial charge in [-0.05, 0) is 26.3 Å². The Hall–Kier alpha value is -0.0400. The van der Waals surface area contributed by atoms with Crippen LogP contribution in [0.25, 0.3) is 0 Å². The maximum absolute atomic E-state index is 5.85. The van der Waals surface area contributed by atoms with E-state index in [1.165, 1.54) is 44.9 Å². The quantitative estimate of drug-likeness (QED) is 0.273. The largest absolute Gasteiger partial charge is 0.370 e. The molecule has 0 spiro atoms. The Kier molecular flexibility index (Phi) is 12.7. The minimum atomic E-state index is 0. The number of nitrogens with zero attached hydrogens (tertiary/aromatic N) is 2. The fourth-order valence-electron chi connectivity index (χ4n) is 2.68. The summed E-state index contributed by atoms with van der Waals surface area (Å²) >= 11 is 0. The van der Waals surface area contributed by atoms with E-state index >= 15 is 0 Å². The molecule has 3 N–H and O–H groups in total. The van der Waals surface area contributed by atoms with E-state index in [4.69, 9.17) is 5.73 Å². The third-order valence-corrected chi connectivity index (χ3v) is 4.01. The molecule has 0 aliphatic heterocycles. The summed E-state index contributed by atoms with van der Waals surface area (Å²) in [6.07, 6.45) is 10.5. The van der Waals surface area contributed by atoms with Gasteiger partial charge in [0.15, 0.2) is 5.96 Å². The van der Waals surface area contributed by atoms with Gasteiger partial charge in [0.2, 0.25) is 0 Å². The van der Waals surface area contributed by atoms with E-state index in [0.717, 1.165) is 32.1 Å². The van der Waals surface area contributed by atoms with Crippen molar-refractivity contribution < 1.29 is 0 Å². The van der Waals surface area contributed by atoms with Gasteiger partial charge in [0.25, 0.3) is 0 Å². The molecular formula is C15H33IN4. The molecule has 0 aromatic rings. The van der Waals surface area contributed by atoms with Crippen LogP contribution in [-0.2, 0) is 0 Å². The first-order valence-electron chi connectivity index (χ1n) is 7.98. The number of hydrogen-bond donors (Lipinski definition) is 2. The molecule has 1 saturated carbocycles. The highest BCUT2D eigenvalue weighted by atomic mass is 127. The highest BCUT2D eigenvalue weighted by Gasteiger charge is 2.18. The van der Waals surface area contributed by atoms with E-state index in [2.05, 4.69) is 29.2 Å². The summed E-state index contributed by atoms with van der Waals surface area (Å²) in [4.78, 5) is 6.81. The minimum absolute atomic E-state index is 0. The van der Waals surface area contributed by atoms with Crippen LogP contribution >= 0.6 is 24.0 Å². The molecule has 0 saturated heterocycles. The monoisotopic (exact) mass is 396 g/mol. The lowest BCUT2D eigenvalue weighted by Crippen LogP contribution is -2.40. The molecule has 0 heterocycles. The number of unbranched alkanes of at least 4 members (excludes halogenated alkanes) is 3. The predicted octanol–water partition coefficient (Wildman–Crippen LogP) is 2.96. The van der Waals surface area contributed by atoms with Gasteiger partial charge in [-0.3, -0.25) is 4.99 Å². The molecule has 20 heavy (non-hydrogen) atoms. The maximum atomic E-state index is 5.85. The van der Waals surface area contributed by atoms with Gasteiger partial charge in [0.05, 0.1) is 0 Å². The van der Waals surface area contributed by atoms with E-state index in [0.29, 0.717) is 5.96 Å². The number of hydrogen-bond acceptors (Lipinski definition) is 2. The first kappa shape index (κ1) is 20.0. The number of halogens is 1. The van der Waals surface area contributed by atoms with Crippen LogP contribution in [0.1, 0.15) is 58.3 Å². The van der Waals surface area contributed by atoms with Crippen molar-refractivity contribution in [1.82, 2.24) is 10.2 Å². The molecule has 0 aromatic carbocycles. The van der Waals surface area contributed by atoms with E-state index in [1.54, 1.807) is 0 Å². The second-order valence-corrected chi connectivity index (χ2v) is 5.67. The highest BCUT2D eigenvalue weighted by Crippen LogP contribution is 2.21. The number of nitrogens with two attached hydrogens (primary N) is 1. The van der Waals surface area contributed by atoms with E-state index in [1.807, 2.05) is 0 Å². The Labute approximate surface area is 142 Å². The fraction of sp³-hybridized carbons (Fsp3) is 0.933. The van der Waals surface area contributed by atoms with Gasteiger partial charge in [-0.1, -0.05) is 39.0 Å². The molecule has 1 rings (SSSR count). The van der Waals surface area contributed by atoms with Crippen molar-refractivity contribution in [2.45, 2.75) is 64.3 Å². The standard InChI is InChI=1S/C15H32N4.HI/c1-3-4-5-8-11-17-15(16)18-12-13-19(2)14-9-6-7-10-14;/h14H,3-13H2,1-2H3,(H3,16,17,18);1H. The number of likely N-dealkylation sites (N-methyl/N-ethyl adjacent to an activating group) is 1. The molecule has 0 amide bonds. The van der Waals surface area contributed by atoms with Gasteiger partial charge in [-0.25, -0.2) is 0 Å². The molecule has 4 nitrogen and oxygen atoms in total. The van der Waals surface area contributed by atoms with E-state index < -0.39 is 0 Å². The summed E-state index contributed by atoms with van der Waals surface area (Å²) in [5.41, 5.74) is 5.85. The van der Waals surface area contributed by atoms with Crippen LogP contribution in [0.2, 0.25) is 0 Å². The number of rotatable bonds is 9. The molecule has 0 unspecified atom stereocenters. The van der Waals surface area contributed by atoms with Crippen molar-refractivity contribution in [1.29, 1.82) is 0 Å². The van der Waals surface area contributed by atoms with Crippen LogP contribution < -0.4 is 11.1 Å². The molecule has 120 valence electrons. The first-order valence-corrected chi connectivity index (χ1v) is 7.98. The highest BCUT2D eigenvalue weighted by molar-refractivity contribution is 14.0. The number of nitrogens with one attached hydrogen (secondary N) is 1. The maximum Gasteiger partial charge on any atom is 0.188 e. The number of guanidine groups is 1. The zero-order chi connectivity index (χ0) is 13.9. The molecule has 1 fully saturated rings. The van der Waals surface area contributed by atoms with Crippen molar-refractivity contribution in [3.8, 4) is 0 Å². The van der Waals surface area contributed by atoms with Crippen LogP contribution in [0.4, 0.5) is 0 Å². The van der Waals surface area contributed by atoms with Crippen LogP contribution in [0.15, 0.2) is 4.99 Å². The lowest BCUT2D eigenvalue weighted by molar-refractivity contribution is 0.249. The molecule has 0 atom stereocenters. The molecular weight excluding hydrogens is 363 g/mol. The zero-order valence-electron chi connectivity index (χ0n) is 13.2. The summed E-state index contributed by atoms with van der Waals surface area (Å²) in [6.45, 7) is 5.03. The molecule has 5 heteroatoms. The number of aliphatic imine (C=N–C) groups is 1. The Bertz CT molecular complexity index is 252. The van der Waals surface area contributed by atoms with Gasteiger partial charge < -0.3 is 16.0 Å². The van der Waals surface area contributed by atoms with Gasteiger partial charge in [-0.15, -0.1) is 24.0 Å². The first-order chi connectivity index (χ1) is 9.24. The van der Waals surface area contributed by atoms with Gasteiger partial charge in [0, 0.05) is 25.7 Å². The van der Waals surface area contributed by atoms with Crippen molar-refractivity contribution in [3.05, 3.63) is 0 Å². The van der Waals surface area contributed by atoms with Crippen LogP contribution in [0.5, 0.6) is 0 Å². The van der Waals surface area contributed by atoms with Gasteiger partial charge >= 0.3 is 0 Å². The lowest BCUT2D eigenvalue weighted by Gasteiger charge is -2.23. The molecule has 0 aromatic heterocycles. The Morgan fingerprint density at radius 1 is 1.25 bits per heavy atom. The van der Waals surface area contributed by atoms with E-state index in [-0.39, 0.29) is 24.0 Å². The summed E-state index contributed by atoms with van der Waals surface area (Å²) in [6, 6.07) is 0.786. The molecule has 0 radical (unpaired) electrons. The second kappa shape index (κ2) is 12.7. The molecule has 1 aliphatic rings. The third-order valence-electron chi connectivity index (χ3n) is 4.01. The van der Waals surface area contributed by atoms with Crippen molar-refractivity contribution >= 4 is 29.9 Å². The summed E-state index contributed by atoms with van der Waals surface area (Å²) in [7, 11) is 2.22. The fourth-order valence-corrected chi connectivity index (χ4v) is 2.68. The van der Waals surface area contributed by atoms with Gasteiger partial charge in [0.1, 0.15) is 0 Å². The second-order valence-electron chi connectivity index (χ2n) is 5.67. The van der Waals surface area contributed by atoms with E-state index in [9.17, 15) is 0 Å². The summed E-state index contributed by atoms with van der Waals surface area (Å²) < 4.78 is 0. The summed E-state index contributed by atoms with van der Waals surface area (Å²) in [5, 5.41) is 3.21. The van der Waals surface area contributed by atoms with Crippen LogP contribution in [0.3, 0.4) is 0 Å². The predicted molar refractivity (Wildman–Crippen MR) is 98.9 cm³/mol. The summed E-state index contributed by atoms with van der Waals surface area (Å²) in [5.74, 6) is 0.608. The lowest BCUT2D eigenvalue weighted by atomic mass is 10.2. The van der Waals surface area contributed by atoms with Crippen molar-refractivity contribution in [2.75, 3.05) is 26.7 Å². The van der Waals surface area contributed by atoms with Crippen LogP contribution in [-0.4, -0.2) is 43.6 Å². The zero-order valence-corrected chi connectivity index (χ0v) is 15.6. The average molecular weight is 396 g/mol. The average Bonchev–Trinajstić information content (AvgIpc) is 2.92. The molecule has 0 bridgehead atoms. The Balaban J connectivity index is 0.00000361. The Morgan fingerprint density at radius 3 is 2.60 bits per heavy atom. The van der Waals surface area contributed by atoms with Crippen LogP contribution in [0, 0.1) is 0 Å². The van der Waals surface area contributed by atoms with Crippen molar-refractivity contribution in [2.24, 2.45) is 10.7 Å². The Morgan fingerprint density at radius 2 is 1.95 bits per heavy atom. The topological polar surface area (TPSA) is 53.6 Å².